The van der Waals surface area contributed by atoms with Crippen molar-refractivity contribution in [2.75, 3.05) is 20.3 Å². The molecule has 1 amide bonds. The van der Waals surface area contributed by atoms with Crippen LogP contribution in [0.15, 0.2) is 35.0 Å². The summed E-state index contributed by atoms with van der Waals surface area (Å²) in [6, 6.07) is 7.66. The fourth-order valence-corrected chi connectivity index (χ4v) is 4.97. The molecular weight excluding hydrogens is 402 g/mol. The molecule has 7 nitrogen and oxygen atoms in total. The van der Waals surface area contributed by atoms with Gasteiger partial charge < -0.3 is 19.5 Å². The number of carbonyl (C=O) groups is 1. The van der Waals surface area contributed by atoms with E-state index in [1.54, 1.807) is 23.3 Å². The number of methoxy groups -OCH3 is 1. The van der Waals surface area contributed by atoms with Gasteiger partial charge in [0.1, 0.15) is 18.1 Å². The van der Waals surface area contributed by atoms with Crippen molar-refractivity contribution in [3.8, 4) is 28.4 Å². The van der Waals surface area contributed by atoms with Gasteiger partial charge in [-0.3, -0.25) is 4.79 Å². The zero-order chi connectivity index (χ0) is 20.9. The van der Waals surface area contributed by atoms with Crippen LogP contribution in [0, 0.1) is 0 Å². The molecule has 2 aromatic heterocycles. The third kappa shape index (κ3) is 2.82. The smallest absolute Gasteiger partial charge is 0.275 e. The van der Waals surface area contributed by atoms with Crippen molar-refractivity contribution in [1.29, 1.82) is 0 Å². The Morgan fingerprint density at radius 3 is 3.00 bits per heavy atom. The van der Waals surface area contributed by atoms with E-state index in [9.17, 15) is 9.90 Å². The molecule has 156 valence electrons. The molecule has 1 unspecified atom stereocenters. The normalized spacial score (nSPS) is 19.9. The summed E-state index contributed by atoms with van der Waals surface area (Å²) >= 11 is 1.58. The summed E-state index contributed by atoms with van der Waals surface area (Å²) in [6.45, 7) is 2.73. The van der Waals surface area contributed by atoms with Crippen LogP contribution in [0.25, 0.3) is 16.9 Å². The zero-order valence-corrected chi connectivity index (χ0v) is 17.7. The van der Waals surface area contributed by atoms with Gasteiger partial charge in [0.2, 0.25) is 0 Å². The molecule has 5 rings (SSSR count). The highest BCUT2D eigenvalue weighted by atomic mass is 32.1. The molecular formula is C22H23N3O4S. The first-order valence-corrected chi connectivity index (χ1v) is 10.9. The molecule has 1 atom stereocenters. The Labute approximate surface area is 178 Å². The van der Waals surface area contributed by atoms with E-state index in [0.29, 0.717) is 23.7 Å². The number of thiophene rings is 1. The van der Waals surface area contributed by atoms with Crippen molar-refractivity contribution in [1.82, 2.24) is 14.7 Å². The first-order chi connectivity index (χ1) is 14.6. The average molecular weight is 426 g/mol. The summed E-state index contributed by atoms with van der Waals surface area (Å²) in [7, 11) is 1.62. The third-order valence-electron chi connectivity index (χ3n) is 6.09. The maximum absolute atomic E-state index is 13.6. The lowest BCUT2D eigenvalue weighted by Crippen LogP contribution is -2.48. The maximum atomic E-state index is 13.6. The van der Waals surface area contributed by atoms with Crippen LogP contribution >= 0.6 is 11.3 Å². The maximum Gasteiger partial charge on any atom is 0.275 e. The molecule has 30 heavy (non-hydrogen) atoms. The Bertz CT molecular complexity index is 1110. The number of benzene rings is 1. The predicted molar refractivity (Wildman–Crippen MR) is 114 cm³/mol. The fourth-order valence-electron chi connectivity index (χ4n) is 4.36. The number of hydrogen-bond acceptors (Lipinski definition) is 6. The number of amides is 1. The van der Waals surface area contributed by atoms with Gasteiger partial charge >= 0.3 is 0 Å². The van der Waals surface area contributed by atoms with E-state index < -0.39 is 5.54 Å². The number of nitrogens with zero attached hydrogens (tertiary/aromatic N) is 3. The lowest BCUT2D eigenvalue weighted by atomic mass is 9.98. The van der Waals surface area contributed by atoms with Gasteiger partial charge in [-0.2, -0.15) is 16.4 Å². The highest BCUT2D eigenvalue weighted by Gasteiger charge is 2.42. The van der Waals surface area contributed by atoms with Gasteiger partial charge in [0.15, 0.2) is 5.69 Å². The predicted octanol–water partition coefficient (Wildman–Crippen LogP) is 3.49. The molecule has 3 aromatic rings. The van der Waals surface area contributed by atoms with Gasteiger partial charge in [-0.25, -0.2) is 4.68 Å². The van der Waals surface area contributed by atoms with Crippen LogP contribution in [0.3, 0.4) is 0 Å². The summed E-state index contributed by atoms with van der Waals surface area (Å²) in [4.78, 5) is 15.3. The van der Waals surface area contributed by atoms with Crippen LogP contribution in [-0.2, 0) is 6.61 Å². The molecule has 0 aliphatic carbocycles. The van der Waals surface area contributed by atoms with Gasteiger partial charge in [-0.15, -0.1) is 0 Å². The van der Waals surface area contributed by atoms with E-state index in [-0.39, 0.29) is 19.1 Å². The van der Waals surface area contributed by atoms with Crippen LogP contribution in [0.4, 0.5) is 0 Å². The molecule has 1 N–H and O–H groups in total. The summed E-state index contributed by atoms with van der Waals surface area (Å²) in [6.07, 6.45) is 1.65. The SMILES string of the molecule is COc1ccc2c(c1)OCc1c(C(=O)N3CCCC3(C)CO)nn(-c3ccsc3)c1-2. The number of fused-ring (bicyclic) bond motifs is 3. The van der Waals surface area contributed by atoms with Crippen LogP contribution < -0.4 is 9.47 Å². The number of aliphatic hydroxyl groups is 1. The van der Waals surface area contributed by atoms with Crippen molar-refractivity contribution < 1.29 is 19.4 Å². The van der Waals surface area contributed by atoms with Crippen LogP contribution in [0.2, 0.25) is 0 Å². The number of aliphatic hydroxyl groups excluding tert-OH is 1. The quantitative estimate of drug-likeness (QED) is 0.693. The van der Waals surface area contributed by atoms with Gasteiger partial charge in [-0.1, -0.05) is 0 Å². The fraction of sp³-hybridized carbons (Fsp3) is 0.364. The number of ether oxygens (including phenoxy) is 2. The average Bonchev–Trinajstić information content (AvgIpc) is 3.51. The molecule has 1 aromatic carbocycles. The van der Waals surface area contributed by atoms with Crippen molar-refractivity contribution in [2.45, 2.75) is 31.9 Å². The standard InChI is InChI=1S/C22H23N3O4S/c1-22(13-26)7-3-8-24(22)21(27)19-17-11-29-18-10-15(28-2)4-5-16(18)20(17)25(23-19)14-6-9-30-12-14/h4-6,9-10,12,26H,3,7-8,11,13H2,1-2H3. The van der Waals surface area contributed by atoms with Crippen LogP contribution in [0.1, 0.15) is 35.8 Å². The molecule has 1 fully saturated rings. The Balaban J connectivity index is 1.67. The zero-order valence-electron chi connectivity index (χ0n) is 16.9. The highest BCUT2D eigenvalue weighted by molar-refractivity contribution is 7.08. The first-order valence-electron chi connectivity index (χ1n) is 9.94. The Morgan fingerprint density at radius 1 is 1.40 bits per heavy atom. The lowest BCUT2D eigenvalue weighted by Gasteiger charge is -2.33. The minimum Gasteiger partial charge on any atom is -0.497 e. The first kappa shape index (κ1) is 19.1. The Kier molecular flexibility index (Phi) is 4.56. The minimum absolute atomic E-state index is 0.0642. The summed E-state index contributed by atoms with van der Waals surface area (Å²) in [5.41, 5.74) is 3.25. The number of rotatable bonds is 4. The lowest BCUT2D eigenvalue weighted by molar-refractivity contribution is 0.0464. The van der Waals surface area contributed by atoms with E-state index >= 15 is 0 Å². The molecule has 0 saturated carbocycles. The number of hydrogen-bond donors (Lipinski definition) is 1. The number of carbonyl (C=O) groups excluding carboxylic acids is 1. The van der Waals surface area contributed by atoms with E-state index in [2.05, 4.69) is 0 Å². The van der Waals surface area contributed by atoms with E-state index in [4.69, 9.17) is 14.6 Å². The molecule has 2 aliphatic heterocycles. The second-order valence-corrected chi connectivity index (χ2v) is 8.72. The van der Waals surface area contributed by atoms with Crippen molar-refractivity contribution in [2.24, 2.45) is 0 Å². The topological polar surface area (TPSA) is 76.8 Å². The van der Waals surface area contributed by atoms with E-state index in [0.717, 1.165) is 35.3 Å². The van der Waals surface area contributed by atoms with Crippen molar-refractivity contribution in [3.63, 3.8) is 0 Å². The molecule has 2 aliphatic rings. The highest BCUT2D eigenvalue weighted by Crippen LogP contribution is 2.43. The molecule has 8 heteroatoms. The molecule has 0 bridgehead atoms. The number of aromatic nitrogens is 2. The Hall–Kier alpha value is -2.84. The largest absolute Gasteiger partial charge is 0.497 e. The van der Waals surface area contributed by atoms with Crippen LogP contribution in [0.5, 0.6) is 11.5 Å². The van der Waals surface area contributed by atoms with Gasteiger partial charge in [0, 0.05) is 29.1 Å². The monoisotopic (exact) mass is 425 g/mol. The molecule has 0 radical (unpaired) electrons. The summed E-state index contributed by atoms with van der Waals surface area (Å²) in [5, 5.41) is 18.7. The molecule has 1 saturated heterocycles. The summed E-state index contributed by atoms with van der Waals surface area (Å²) < 4.78 is 13.2. The van der Waals surface area contributed by atoms with E-state index in [1.165, 1.54) is 0 Å². The van der Waals surface area contributed by atoms with Crippen molar-refractivity contribution in [3.05, 3.63) is 46.3 Å². The van der Waals surface area contributed by atoms with Crippen molar-refractivity contribution >= 4 is 17.2 Å². The molecule has 4 heterocycles. The molecule has 0 spiro atoms. The second-order valence-electron chi connectivity index (χ2n) is 7.94. The van der Waals surface area contributed by atoms with Gasteiger partial charge in [0.25, 0.3) is 5.91 Å². The van der Waals surface area contributed by atoms with Gasteiger partial charge in [0.05, 0.1) is 30.6 Å². The Morgan fingerprint density at radius 2 is 2.27 bits per heavy atom. The van der Waals surface area contributed by atoms with Crippen LogP contribution in [-0.4, -0.2) is 51.5 Å². The summed E-state index contributed by atoms with van der Waals surface area (Å²) in [5.74, 6) is 1.26. The third-order valence-corrected chi connectivity index (χ3v) is 6.76. The van der Waals surface area contributed by atoms with E-state index in [1.807, 2.05) is 46.6 Å². The number of likely N-dealkylation sites (tertiary alicyclic amines) is 1. The second kappa shape index (κ2) is 7.14. The van der Waals surface area contributed by atoms with Gasteiger partial charge in [-0.05, 0) is 43.3 Å². The minimum atomic E-state index is -0.559.